The fourth-order valence-corrected chi connectivity index (χ4v) is 2.74. The summed E-state index contributed by atoms with van der Waals surface area (Å²) in [7, 11) is 1.72. The molecule has 0 fully saturated rings. The molecule has 0 saturated heterocycles. The smallest absolute Gasteiger partial charge is 0.291 e. The van der Waals surface area contributed by atoms with Crippen LogP contribution in [-0.4, -0.2) is 18.9 Å². The Kier molecular flexibility index (Phi) is 5.23. The summed E-state index contributed by atoms with van der Waals surface area (Å²) < 4.78 is 5.71. The van der Waals surface area contributed by atoms with Crippen molar-refractivity contribution in [3.05, 3.63) is 82.2 Å². The van der Waals surface area contributed by atoms with Crippen LogP contribution in [0.5, 0.6) is 0 Å². The molecular formula is C20H17BrN2O3. The summed E-state index contributed by atoms with van der Waals surface area (Å²) in [6.07, 6.45) is 0. The first kappa shape index (κ1) is 17.9. The Hall–Kier alpha value is -2.86. The first-order valence-electron chi connectivity index (χ1n) is 7.95. The van der Waals surface area contributed by atoms with Gasteiger partial charge in [0.05, 0.1) is 0 Å². The summed E-state index contributed by atoms with van der Waals surface area (Å²) >= 11 is 3.16. The van der Waals surface area contributed by atoms with Crippen molar-refractivity contribution in [2.75, 3.05) is 17.3 Å². The molecule has 6 heteroatoms. The maximum absolute atomic E-state index is 12.7. The maximum atomic E-state index is 12.7. The minimum Gasteiger partial charge on any atom is -0.444 e. The molecule has 0 saturated carbocycles. The molecule has 0 atom stereocenters. The van der Waals surface area contributed by atoms with Crippen LogP contribution in [0, 0.1) is 6.92 Å². The highest BCUT2D eigenvalue weighted by molar-refractivity contribution is 9.10. The molecule has 3 rings (SSSR count). The molecule has 0 aliphatic carbocycles. The van der Waals surface area contributed by atoms with Gasteiger partial charge < -0.3 is 14.6 Å². The number of benzene rings is 2. The first-order valence-corrected chi connectivity index (χ1v) is 8.75. The Morgan fingerprint density at radius 2 is 1.77 bits per heavy atom. The molecule has 0 bridgehead atoms. The topological polar surface area (TPSA) is 62.6 Å². The Morgan fingerprint density at radius 1 is 1.04 bits per heavy atom. The lowest BCUT2D eigenvalue weighted by atomic mass is 10.1. The van der Waals surface area contributed by atoms with Gasteiger partial charge in [-0.25, -0.2) is 0 Å². The van der Waals surface area contributed by atoms with Gasteiger partial charge in [0.15, 0.2) is 10.4 Å². The van der Waals surface area contributed by atoms with Gasteiger partial charge in [0.1, 0.15) is 0 Å². The van der Waals surface area contributed by atoms with Crippen LogP contribution in [0.1, 0.15) is 26.5 Å². The summed E-state index contributed by atoms with van der Waals surface area (Å²) in [5, 5.41) is 2.73. The molecule has 0 unspecified atom stereocenters. The molecule has 0 aliphatic heterocycles. The number of nitrogens with zero attached hydrogens (tertiary/aromatic N) is 1. The van der Waals surface area contributed by atoms with Crippen molar-refractivity contribution in [3.63, 3.8) is 0 Å². The van der Waals surface area contributed by atoms with E-state index in [-0.39, 0.29) is 17.6 Å². The van der Waals surface area contributed by atoms with Crippen LogP contribution in [0.4, 0.5) is 11.4 Å². The number of rotatable bonds is 4. The molecule has 1 aromatic heterocycles. The molecule has 0 spiro atoms. The lowest BCUT2D eigenvalue weighted by molar-refractivity contribution is 0.0984. The van der Waals surface area contributed by atoms with Gasteiger partial charge in [-0.15, -0.1) is 0 Å². The number of anilines is 2. The predicted molar refractivity (Wildman–Crippen MR) is 105 cm³/mol. The fourth-order valence-electron chi connectivity index (χ4n) is 2.44. The van der Waals surface area contributed by atoms with Gasteiger partial charge in [-0.2, -0.15) is 0 Å². The molecule has 1 N–H and O–H groups in total. The molecule has 5 nitrogen and oxygen atoms in total. The minimum atomic E-state index is -0.382. The van der Waals surface area contributed by atoms with Crippen molar-refractivity contribution >= 4 is 39.1 Å². The third-order valence-electron chi connectivity index (χ3n) is 3.89. The number of hydrogen-bond donors (Lipinski definition) is 1. The number of aryl methyl sites for hydroxylation is 1. The Balaban J connectivity index is 1.76. The van der Waals surface area contributed by atoms with Crippen molar-refractivity contribution in [2.24, 2.45) is 0 Å². The summed E-state index contributed by atoms with van der Waals surface area (Å²) in [6, 6.07) is 17.7. The van der Waals surface area contributed by atoms with Gasteiger partial charge in [0, 0.05) is 24.0 Å². The maximum Gasteiger partial charge on any atom is 0.291 e. The standard InChI is InChI=1S/C20H17BrN2O3/c1-13-6-8-16(9-7-13)23(2)20(25)14-4-3-5-15(12-14)22-19(24)17-10-11-18(21)26-17/h3-12H,1-2H3,(H,22,24). The van der Waals surface area contributed by atoms with E-state index in [4.69, 9.17) is 4.42 Å². The number of amides is 2. The third kappa shape index (κ3) is 4.03. The van der Waals surface area contributed by atoms with E-state index in [1.54, 1.807) is 48.3 Å². The second kappa shape index (κ2) is 7.58. The summed E-state index contributed by atoms with van der Waals surface area (Å²) in [4.78, 5) is 26.5. The van der Waals surface area contributed by atoms with Gasteiger partial charge in [0.2, 0.25) is 0 Å². The summed E-state index contributed by atoms with van der Waals surface area (Å²) in [5.74, 6) is -0.358. The van der Waals surface area contributed by atoms with Crippen LogP contribution in [0.2, 0.25) is 0 Å². The molecule has 2 aromatic carbocycles. The Labute approximate surface area is 159 Å². The average Bonchev–Trinajstić information content (AvgIpc) is 3.08. The van der Waals surface area contributed by atoms with E-state index in [0.717, 1.165) is 11.3 Å². The highest BCUT2D eigenvalue weighted by Crippen LogP contribution is 2.20. The molecule has 132 valence electrons. The number of carbonyl (C=O) groups is 2. The number of nitrogens with one attached hydrogen (secondary N) is 1. The summed E-state index contributed by atoms with van der Waals surface area (Å²) in [5.41, 5.74) is 2.93. The number of furan rings is 1. The molecule has 2 amide bonds. The van der Waals surface area contributed by atoms with Crippen LogP contribution in [0.3, 0.4) is 0 Å². The van der Waals surface area contributed by atoms with Crippen LogP contribution >= 0.6 is 15.9 Å². The second-order valence-electron chi connectivity index (χ2n) is 5.84. The Bertz CT molecular complexity index is 948. The lowest BCUT2D eigenvalue weighted by Gasteiger charge is -2.18. The van der Waals surface area contributed by atoms with E-state index in [0.29, 0.717) is 15.9 Å². The number of halogens is 1. The number of hydrogen-bond acceptors (Lipinski definition) is 3. The van der Waals surface area contributed by atoms with E-state index in [1.165, 1.54) is 0 Å². The molecule has 26 heavy (non-hydrogen) atoms. The van der Waals surface area contributed by atoms with E-state index < -0.39 is 0 Å². The van der Waals surface area contributed by atoms with Gasteiger partial charge in [0.25, 0.3) is 11.8 Å². The largest absolute Gasteiger partial charge is 0.444 e. The van der Waals surface area contributed by atoms with Crippen LogP contribution in [-0.2, 0) is 0 Å². The third-order valence-corrected chi connectivity index (χ3v) is 4.32. The molecule has 3 aromatic rings. The highest BCUT2D eigenvalue weighted by atomic mass is 79.9. The van der Waals surface area contributed by atoms with Crippen LogP contribution in [0.15, 0.2) is 69.8 Å². The van der Waals surface area contributed by atoms with E-state index in [1.807, 2.05) is 31.2 Å². The zero-order chi connectivity index (χ0) is 18.7. The minimum absolute atomic E-state index is 0.161. The van der Waals surface area contributed by atoms with Crippen molar-refractivity contribution in [1.82, 2.24) is 0 Å². The van der Waals surface area contributed by atoms with Gasteiger partial charge in [-0.05, 0) is 65.3 Å². The van der Waals surface area contributed by atoms with Crippen molar-refractivity contribution < 1.29 is 14.0 Å². The highest BCUT2D eigenvalue weighted by Gasteiger charge is 2.15. The predicted octanol–water partition coefficient (Wildman–Crippen LogP) is 4.88. The van der Waals surface area contributed by atoms with Crippen LogP contribution < -0.4 is 10.2 Å². The zero-order valence-corrected chi connectivity index (χ0v) is 15.9. The van der Waals surface area contributed by atoms with Gasteiger partial charge in [-0.1, -0.05) is 23.8 Å². The normalized spacial score (nSPS) is 10.4. The monoisotopic (exact) mass is 412 g/mol. The van der Waals surface area contributed by atoms with Gasteiger partial charge in [-0.3, -0.25) is 9.59 Å². The number of carbonyl (C=O) groups excluding carboxylic acids is 2. The van der Waals surface area contributed by atoms with E-state index in [9.17, 15) is 9.59 Å². The quantitative estimate of drug-likeness (QED) is 0.663. The van der Waals surface area contributed by atoms with E-state index >= 15 is 0 Å². The molecule has 0 radical (unpaired) electrons. The van der Waals surface area contributed by atoms with Gasteiger partial charge >= 0.3 is 0 Å². The molecule has 1 heterocycles. The molecular weight excluding hydrogens is 396 g/mol. The SMILES string of the molecule is Cc1ccc(N(C)C(=O)c2cccc(NC(=O)c3ccc(Br)o3)c2)cc1. The second-order valence-corrected chi connectivity index (χ2v) is 6.62. The Morgan fingerprint density at radius 3 is 2.42 bits per heavy atom. The van der Waals surface area contributed by atoms with Crippen molar-refractivity contribution in [2.45, 2.75) is 6.92 Å². The fraction of sp³-hybridized carbons (Fsp3) is 0.100. The van der Waals surface area contributed by atoms with E-state index in [2.05, 4.69) is 21.2 Å². The molecule has 0 aliphatic rings. The lowest BCUT2D eigenvalue weighted by Crippen LogP contribution is -2.26. The van der Waals surface area contributed by atoms with Crippen molar-refractivity contribution in [1.29, 1.82) is 0 Å². The van der Waals surface area contributed by atoms with Crippen LogP contribution in [0.25, 0.3) is 0 Å². The zero-order valence-electron chi connectivity index (χ0n) is 14.3. The average molecular weight is 413 g/mol. The summed E-state index contributed by atoms with van der Waals surface area (Å²) in [6.45, 7) is 2.00. The first-order chi connectivity index (χ1) is 12.4. The van der Waals surface area contributed by atoms with Crippen molar-refractivity contribution in [3.8, 4) is 0 Å².